The summed E-state index contributed by atoms with van der Waals surface area (Å²) in [6.07, 6.45) is 2.02. The monoisotopic (exact) mass is 317 g/mol. The number of hydrogen-bond acceptors (Lipinski definition) is 3. The zero-order valence-electron chi connectivity index (χ0n) is 14.2. The van der Waals surface area contributed by atoms with Gasteiger partial charge in [-0.2, -0.15) is 0 Å². The Morgan fingerprint density at radius 3 is 2.74 bits per heavy atom. The first-order valence-electron chi connectivity index (χ1n) is 8.39. The molecule has 2 N–H and O–H groups in total. The average molecular weight is 317 g/mol. The molecule has 1 heterocycles. The van der Waals surface area contributed by atoms with Crippen molar-refractivity contribution >= 4 is 16.9 Å². The first kappa shape index (κ1) is 17.5. The summed E-state index contributed by atoms with van der Waals surface area (Å²) in [6, 6.07) is 7.84. The van der Waals surface area contributed by atoms with Gasteiger partial charge in [0.1, 0.15) is 5.82 Å². The third kappa shape index (κ3) is 4.55. The van der Waals surface area contributed by atoms with Gasteiger partial charge in [-0.1, -0.05) is 32.9 Å². The Morgan fingerprint density at radius 2 is 2.09 bits per heavy atom. The Hall–Kier alpha value is -1.88. The van der Waals surface area contributed by atoms with Crippen molar-refractivity contribution in [2.75, 3.05) is 6.61 Å². The number of rotatable bonds is 8. The van der Waals surface area contributed by atoms with Gasteiger partial charge in [0, 0.05) is 19.4 Å². The maximum Gasteiger partial charge on any atom is 0.222 e. The third-order valence-corrected chi connectivity index (χ3v) is 3.95. The minimum absolute atomic E-state index is 0.0157. The van der Waals surface area contributed by atoms with Crippen LogP contribution in [-0.4, -0.2) is 33.2 Å². The Kier molecular flexibility index (Phi) is 6.16. The molecule has 0 fully saturated rings. The fourth-order valence-corrected chi connectivity index (χ4v) is 2.91. The quantitative estimate of drug-likeness (QED) is 0.786. The smallest absolute Gasteiger partial charge is 0.222 e. The summed E-state index contributed by atoms with van der Waals surface area (Å²) in [5.41, 5.74) is 2.04. The number of aliphatic hydroxyl groups excluding tert-OH is 1. The van der Waals surface area contributed by atoms with E-state index in [9.17, 15) is 9.90 Å². The Bertz CT molecular complexity index is 649. The van der Waals surface area contributed by atoms with E-state index in [0.717, 1.165) is 29.7 Å². The number of para-hydroxylation sites is 2. The number of carbonyl (C=O) groups is 1. The van der Waals surface area contributed by atoms with Crippen molar-refractivity contribution < 1.29 is 9.90 Å². The molecule has 0 spiro atoms. The van der Waals surface area contributed by atoms with Crippen LogP contribution in [0.4, 0.5) is 0 Å². The number of nitrogens with one attached hydrogen (secondary N) is 1. The van der Waals surface area contributed by atoms with E-state index in [2.05, 4.69) is 35.6 Å². The highest BCUT2D eigenvalue weighted by molar-refractivity contribution is 5.78. The molecule has 1 aromatic carbocycles. The highest BCUT2D eigenvalue weighted by atomic mass is 16.3. The van der Waals surface area contributed by atoms with Crippen LogP contribution in [0.15, 0.2) is 24.3 Å². The van der Waals surface area contributed by atoms with Crippen molar-refractivity contribution in [3.05, 3.63) is 30.1 Å². The molecule has 0 saturated carbocycles. The minimum atomic E-state index is -0.160. The SMILES string of the molecule is CCc1nc2ccccc2n1CCC(=O)N[C@H](CO)CC(C)C. The zero-order valence-corrected chi connectivity index (χ0v) is 14.2. The number of aliphatic hydroxyl groups is 1. The van der Waals surface area contributed by atoms with Crippen molar-refractivity contribution in [2.24, 2.45) is 5.92 Å². The highest BCUT2D eigenvalue weighted by Crippen LogP contribution is 2.17. The maximum absolute atomic E-state index is 12.2. The van der Waals surface area contributed by atoms with E-state index in [-0.39, 0.29) is 18.6 Å². The van der Waals surface area contributed by atoms with Gasteiger partial charge in [-0.3, -0.25) is 4.79 Å². The molecule has 0 unspecified atom stereocenters. The van der Waals surface area contributed by atoms with Crippen LogP contribution < -0.4 is 5.32 Å². The Labute approximate surface area is 137 Å². The molecule has 23 heavy (non-hydrogen) atoms. The number of hydrogen-bond donors (Lipinski definition) is 2. The van der Waals surface area contributed by atoms with Crippen LogP contribution in [0.5, 0.6) is 0 Å². The fourth-order valence-electron chi connectivity index (χ4n) is 2.91. The van der Waals surface area contributed by atoms with E-state index in [1.165, 1.54) is 0 Å². The van der Waals surface area contributed by atoms with Gasteiger partial charge in [0.05, 0.1) is 23.7 Å². The standard InChI is InChI=1S/C18H27N3O2/c1-4-17-20-15-7-5-6-8-16(15)21(17)10-9-18(23)19-14(12-22)11-13(2)3/h5-8,13-14,22H,4,9-12H2,1-3H3,(H,19,23)/t14-/m0/s1. The van der Waals surface area contributed by atoms with Crippen LogP contribution in [0, 0.1) is 5.92 Å². The van der Waals surface area contributed by atoms with Gasteiger partial charge in [-0.05, 0) is 24.5 Å². The molecule has 0 aliphatic rings. The number of aryl methyl sites for hydroxylation is 2. The summed E-state index contributed by atoms with van der Waals surface area (Å²) in [7, 11) is 0. The molecule has 0 radical (unpaired) electrons. The number of carbonyl (C=O) groups excluding carboxylic acids is 1. The first-order valence-corrected chi connectivity index (χ1v) is 8.39. The molecule has 1 atom stereocenters. The molecular weight excluding hydrogens is 290 g/mol. The van der Waals surface area contributed by atoms with Crippen LogP contribution in [-0.2, 0) is 17.8 Å². The summed E-state index contributed by atoms with van der Waals surface area (Å²) < 4.78 is 2.12. The Balaban J connectivity index is 2.01. The lowest BCUT2D eigenvalue weighted by Gasteiger charge is -2.18. The van der Waals surface area contributed by atoms with Crippen LogP contribution in [0.25, 0.3) is 11.0 Å². The van der Waals surface area contributed by atoms with Crippen molar-refractivity contribution in [3.8, 4) is 0 Å². The number of aromatic nitrogens is 2. The normalized spacial score (nSPS) is 12.7. The van der Waals surface area contributed by atoms with Crippen molar-refractivity contribution in [1.82, 2.24) is 14.9 Å². The number of fused-ring (bicyclic) bond motifs is 1. The van der Waals surface area contributed by atoms with Gasteiger partial charge in [-0.25, -0.2) is 4.98 Å². The van der Waals surface area contributed by atoms with Crippen LogP contribution >= 0.6 is 0 Å². The van der Waals surface area contributed by atoms with Crippen molar-refractivity contribution in [1.29, 1.82) is 0 Å². The lowest BCUT2D eigenvalue weighted by Crippen LogP contribution is -2.38. The van der Waals surface area contributed by atoms with Crippen LogP contribution in [0.1, 0.15) is 39.4 Å². The molecule has 5 heteroatoms. The topological polar surface area (TPSA) is 67.2 Å². The van der Waals surface area contributed by atoms with Gasteiger partial charge in [0.25, 0.3) is 0 Å². The predicted octanol–water partition coefficient (Wildman–Crippen LogP) is 2.51. The molecule has 5 nitrogen and oxygen atoms in total. The van der Waals surface area contributed by atoms with Gasteiger partial charge in [0.2, 0.25) is 5.91 Å². The lowest BCUT2D eigenvalue weighted by molar-refractivity contribution is -0.122. The van der Waals surface area contributed by atoms with Crippen LogP contribution in [0.2, 0.25) is 0 Å². The second-order valence-electron chi connectivity index (χ2n) is 6.35. The predicted molar refractivity (Wildman–Crippen MR) is 92.2 cm³/mol. The summed E-state index contributed by atoms with van der Waals surface area (Å²) in [5.74, 6) is 1.42. The number of imidazole rings is 1. The number of nitrogens with zero attached hydrogens (tertiary/aromatic N) is 2. The molecule has 126 valence electrons. The van der Waals surface area contributed by atoms with E-state index in [1.807, 2.05) is 24.3 Å². The number of amides is 1. The van der Waals surface area contributed by atoms with E-state index >= 15 is 0 Å². The summed E-state index contributed by atoms with van der Waals surface area (Å²) in [5, 5.41) is 12.3. The molecular formula is C18H27N3O2. The molecule has 0 aliphatic heterocycles. The minimum Gasteiger partial charge on any atom is -0.394 e. The van der Waals surface area contributed by atoms with Gasteiger partial charge in [-0.15, -0.1) is 0 Å². The van der Waals surface area contributed by atoms with Crippen LogP contribution in [0.3, 0.4) is 0 Å². The molecule has 2 rings (SSSR count). The first-order chi connectivity index (χ1) is 11.0. The zero-order chi connectivity index (χ0) is 16.8. The average Bonchev–Trinajstić information content (AvgIpc) is 2.89. The van der Waals surface area contributed by atoms with E-state index < -0.39 is 0 Å². The molecule has 1 aromatic heterocycles. The van der Waals surface area contributed by atoms with E-state index in [0.29, 0.717) is 18.9 Å². The summed E-state index contributed by atoms with van der Waals surface area (Å²) in [4.78, 5) is 16.8. The van der Waals surface area contributed by atoms with Crippen molar-refractivity contribution in [2.45, 2.75) is 52.6 Å². The molecule has 0 bridgehead atoms. The number of benzene rings is 1. The fraction of sp³-hybridized carbons (Fsp3) is 0.556. The second kappa shape index (κ2) is 8.11. The van der Waals surface area contributed by atoms with Gasteiger partial charge < -0.3 is 15.0 Å². The maximum atomic E-state index is 12.2. The largest absolute Gasteiger partial charge is 0.394 e. The summed E-state index contributed by atoms with van der Waals surface area (Å²) in [6.45, 7) is 6.83. The van der Waals surface area contributed by atoms with Gasteiger partial charge >= 0.3 is 0 Å². The molecule has 2 aromatic rings. The lowest BCUT2D eigenvalue weighted by atomic mass is 10.0. The van der Waals surface area contributed by atoms with E-state index in [4.69, 9.17) is 0 Å². The second-order valence-corrected chi connectivity index (χ2v) is 6.35. The Morgan fingerprint density at radius 1 is 1.35 bits per heavy atom. The van der Waals surface area contributed by atoms with Crippen molar-refractivity contribution in [3.63, 3.8) is 0 Å². The summed E-state index contributed by atoms with van der Waals surface area (Å²) >= 11 is 0. The third-order valence-electron chi connectivity index (χ3n) is 3.95. The molecule has 0 aliphatic carbocycles. The highest BCUT2D eigenvalue weighted by Gasteiger charge is 2.14. The van der Waals surface area contributed by atoms with E-state index in [1.54, 1.807) is 0 Å². The molecule has 1 amide bonds. The van der Waals surface area contributed by atoms with Gasteiger partial charge in [0.15, 0.2) is 0 Å². The molecule has 0 saturated heterocycles.